The quantitative estimate of drug-likeness (QED) is 0.660. The van der Waals surface area contributed by atoms with Gasteiger partial charge >= 0.3 is 0 Å². The van der Waals surface area contributed by atoms with Gasteiger partial charge in [0.25, 0.3) is 0 Å². The molecule has 0 aromatic heterocycles. The van der Waals surface area contributed by atoms with Crippen LogP contribution >= 0.6 is 0 Å². The molecule has 0 aromatic carbocycles. The highest BCUT2D eigenvalue weighted by molar-refractivity contribution is 5.00. The summed E-state index contributed by atoms with van der Waals surface area (Å²) in [7, 11) is 0. The van der Waals surface area contributed by atoms with Gasteiger partial charge in [-0.1, -0.05) is 26.7 Å². The van der Waals surface area contributed by atoms with Gasteiger partial charge < -0.3 is 10.2 Å². The first kappa shape index (κ1) is 13.3. The van der Waals surface area contributed by atoms with Crippen LogP contribution in [0.3, 0.4) is 0 Å². The number of aliphatic hydroxyl groups is 2. The smallest absolute Gasteiger partial charge is 0.116 e. The molecule has 5 atom stereocenters. The molecule has 3 nitrogen and oxygen atoms in total. The van der Waals surface area contributed by atoms with E-state index in [1.165, 1.54) is 12.8 Å². The predicted molar refractivity (Wildman–Crippen MR) is 68.5 cm³/mol. The third-order valence-corrected chi connectivity index (χ3v) is 4.83. The summed E-state index contributed by atoms with van der Waals surface area (Å²) in [5, 5.41) is 23.8. The molecule has 1 unspecified atom stereocenters. The maximum Gasteiger partial charge on any atom is 0.116 e. The maximum atomic E-state index is 10.5. The van der Waals surface area contributed by atoms with Crippen molar-refractivity contribution in [2.45, 2.75) is 76.7 Å². The van der Waals surface area contributed by atoms with Crippen LogP contribution < -0.4 is 5.32 Å². The number of hydrogen-bond donors (Lipinski definition) is 3. The monoisotopic (exact) mass is 241 g/mol. The lowest BCUT2D eigenvalue weighted by Gasteiger charge is -2.41. The molecule has 1 aliphatic carbocycles. The highest BCUT2D eigenvalue weighted by atomic mass is 16.3. The van der Waals surface area contributed by atoms with Crippen LogP contribution in [0.4, 0.5) is 0 Å². The molecule has 3 N–H and O–H groups in total. The summed E-state index contributed by atoms with van der Waals surface area (Å²) in [5.41, 5.74) is -0.667. The van der Waals surface area contributed by atoms with Crippen LogP contribution in [0.2, 0.25) is 0 Å². The van der Waals surface area contributed by atoms with E-state index in [1.807, 2.05) is 0 Å². The first-order valence-electron chi connectivity index (χ1n) is 7.24. The van der Waals surface area contributed by atoms with Gasteiger partial charge in [-0.05, 0) is 43.9 Å². The molecule has 0 aromatic rings. The number of rotatable bonds is 4. The molecular weight excluding hydrogens is 214 g/mol. The Morgan fingerprint density at radius 3 is 2.82 bits per heavy atom. The average molecular weight is 241 g/mol. The highest BCUT2D eigenvalue weighted by Gasteiger charge is 2.46. The SMILES string of the molecule is CCCCCC1(O)CC[C@@H]2[C@@H](C)[C@@H](O)C[C@H]2N1. The van der Waals surface area contributed by atoms with Crippen molar-refractivity contribution in [3.8, 4) is 0 Å². The fourth-order valence-corrected chi connectivity index (χ4v) is 3.62. The van der Waals surface area contributed by atoms with Crippen molar-refractivity contribution < 1.29 is 10.2 Å². The van der Waals surface area contributed by atoms with Crippen LogP contribution in [0.1, 0.15) is 58.8 Å². The van der Waals surface area contributed by atoms with Gasteiger partial charge in [0.2, 0.25) is 0 Å². The van der Waals surface area contributed by atoms with Gasteiger partial charge in [-0.3, -0.25) is 5.32 Å². The zero-order valence-electron chi connectivity index (χ0n) is 11.2. The van der Waals surface area contributed by atoms with Crippen LogP contribution in [0, 0.1) is 11.8 Å². The second-order valence-electron chi connectivity index (χ2n) is 6.10. The van der Waals surface area contributed by atoms with E-state index in [-0.39, 0.29) is 6.10 Å². The van der Waals surface area contributed by atoms with E-state index in [0.717, 1.165) is 32.1 Å². The summed E-state index contributed by atoms with van der Waals surface area (Å²) >= 11 is 0. The molecule has 1 heterocycles. The second-order valence-corrected chi connectivity index (χ2v) is 6.10. The molecule has 1 aliphatic heterocycles. The Bertz CT molecular complexity index is 259. The van der Waals surface area contributed by atoms with Crippen LogP contribution in [0.5, 0.6) is 0 Å². The maximum absolute atomic E-state index is 10.5. The van der Waals surface area contributed by atoms with E-state index in [4.69, 9.17) is 0 Å². The molecule has 0 amide bonds. The molecule has 0 spiro atoms. The summed E-state index contributed by atoms with van der Waals surface area (Å²) in [6.07, 6.45) is 6.85. The minimum absolute atomic E-state index is 0.185. The van der Waals surface area contributed by atoms with Crippen LogP contribution in [-0.2, 0) is 0 Å². The molecule has 3 heteroatoms. The lowest BCUT2D eigenvalue weighted by molar-refractivity contribution is -0.0563. The summed E-state index contributed by atoms with van der Waals surface area (Å²) in [6, 6.07) is 0.320. The highest BCUT2D eigenvalue weighted by Crippen LogP contribution is 2.41. The summed E-state index contributed by atoms with van der Waals surface area (Å²) < 4.78 is 0. The molecule has 1 saturated carbocycles. The molecule has 2 aliphatic rings. The predicted octanol–water partition coefficient (Wildman–Crippen LogP) is 2.02. The van der Waals surface area contributed by atoms with Crippen molar-refractivity contribution in [3.63, 3.8) is 0 Å². The van der Waals surface area contributed by atoms with Gasteiger partial charge in [0.15, 0.2) is 0 Å². The van der Waals surface area contributed by atoms with E-state index in [1.54, 1.807) is 0 Å². The zero-order chi connectivity index (χ0) is 12.5. The number of fused-ring (bicyclic) bond motifs is 1. The van der Waals surface area contributed by atoms with Crippen molar-refractivity contribution in [2.24, 2.45) is 11.8 Å². The topological polar surface area (TPSA) is 52.5 Å². The summed E-state index contributed by atoms with van der Waals surface area (Å²) in [6.45, 7) is 4.32. The zero-order valence-corrected chi connectivity index (χ0v) is 11.2. The minimum atomic E-state index is -0.667. The van der Waals surface area contributed by atoms with Gasteiger partial charge in [-0.2, -0.15) is 0 Å². The Kier molecular flexibility index (Phi) is 4.11. The molecule has 100 valence electrons. The third kappa shape index (κ3) is 2.83. The molecule has 17 heavy (non-hydrogen) atoms. The first-order chi connectivity index (χ1) is 8.06. The van der Waals surface area contributed by atoms with E-state index in [2.05, 4.69) is 19.2 Å². The summed E-state index contributed by atoms with van der Waals surface area (Å²) in [5.74, 6) is 0.934. The van der Waals surface area contributed by atoms with Crippen molar-refractivity contribution in [1.29, 1.82) is 0 Å². The van der Waals surface area contributed by atoms with Crippen LogP contribution in [-0.4, -0.2) is 28.1 Å². The molecule has 0 bridgehead atoms. The molecule has 2 fully saturated rings. The Morgan fingerprint density at radius 2 is 2.12 bits per heavy atom. The normalized spacial score (nSPS) is 45.9. The van der Waals surface area contributed by atoms with Crippen LogP contribution in [0.25, 0.3) is 0 Å². The van der Waals surface area contributed by atoms with Gasteiger partial charge in [-0.15, -0.1) is 0 Å². The van der Waals surface area contributed by atoms with E-state index in [9.17, 15) is 10.2 Å². The van der Waals surface area contributed by atoms with Gasteiger partial charge in [0.05, 0.1) is 6.10 Å². The number of unbranched alkanes of at least 4 members (excludes halogenated alkanes) is 2. The Labute approximate surface area is 105 Å². The fraction of sp³-hybridized carbons (Fsp3) is 1.00. The lowest BCUT2D eigenvalue weighted by atomic mass is 9.82. The minimum Gasteiger partial charge on any atom is -0.393 e. The standard InChI is InChI=1S/C14H27NO2/c1-3-4-5-7-14(17)8-6-11-10(2)13(16)9-12(11)15-14/h10-13,15-17H,3-9H2,1-2H3/t10-,11-,12-,13+,14?/m1/s1. The Morgan fingerprint density at radius 1 is 1.35 bits per heavy atom. The molecule has 1 saturated heterocycles. The largest absolute Gasteiger partial charge is 0.393 e. The van der Waals surface area contributed by atoms with Gasteiger partial charge in [0.1, 0.15) is 5.72 Å². The fourth-order valence-electron chi connectivity index (χ4n) is 3.62. The van der Waals surface area contributed by atoms with E-state index < -0.39 is 5.72 Å². The molecule has 0 radical (unpaired) electrons. The number of piperidine rings is 1. The van der Waals surface area contributed by atoms with Gasteiger partial charge in [0, 0.05) is 6.04 Å². The van der Waals surface area contributed by atoms with Crippen molar-refractivity contribution in [3.05, 3.63) is 0 Å². The van der Waals surface area contributed by atoms with Crippen molar-refractivity contribution in [2.75, 3.05) is 0 Å². The number of hydrogen-bond acceptors (Lipinski definition) is 3. The molecule has 2 rings (SSSR count). The number of aliphatic hydroxyl groups excluding tert-OH is 1. The average Bonchev–Trinajstić information content (AvgIpc) is 2.54. The lowest BCUT2D eigenvalue weighted by Crippen LogP contribution is -2.56. The van der Waals surface area contributed by atoms with E-state index in [0.29, 0.717) is 17.9 Å². The van der Waals surface area contributed by atoms with Gasteiger partial charge in [-0.25, -0.2) is 0 Å². The second kappa shape index (κ2) is 5.25. The van der Waals surface area contributed by atoms with Crippen molar-refractivity contribution >= 4 is 0 Å². The Balaban J connectivity index is 1.89. The van der Waals surface area contributed by atoms with Crippen LogP contribution in [0.15, 0.2) is 0 Å². The van der Waals surface area contributed by atoms with Crippen molar-refractivity contribution in [1.82, 2.24) is 5.32 Å². The van der Waals surface area contributed by atoms with E-state index >= 15 is 0 Å². The Hall–Kier alpha value is -0.120. The summed E-state index contributed by atoms with van der Waals surface area (Å²) in [4.78, 5) is 0. The molecular formula is C14H27NO2. The third-order valence-electron chi connectivity index (χ3n) is 4.83. The number of nitrogens with one attached hydrogen (secondary N) is 1. The first-order valence-corrected chi connectivity index (χ1v) is 7.24.